The summed E-state index contributed by atoms with van der Waals surface area (Å²) < 4.78 is 45.6. The highest BCUT2D eigenvalue weighted by molar-refractivity contribution is 5.95. The number of piperidine rings is 1. The number of nitrogens with two attached hydrogens (primary N) is 1. The average Bonchev–Trinajstić information content (AvgIpc) is 3.42. The number of carbonyl (C=O) groups is 1. The van der Waals surface area contributed by atoms with Crippen LogP contribution in [-0.2, 0) is 11.8 Å². The first kappa shape index (κ1) is 30.2. The number of halogens is 2. The van der Waals surface area contributed by atoms with E-state index in [9.17, 15) is 9.90 Å². The molecule has 2 aromatic heterocycles. The molecular formula is C30H31F2N7O5. The van der Waals surface area contributed by atoms with Crippen molar-refractivity contribution in [2.24, 2.45) is 12.8 Å². The first-order chi connectivity index (χ1) is 21.0. The second kappa shape index (κ2) is 12.6. The number of hydrogen-bond donors (Lipinski definition) is 4. The van der Waals surface area contributed by atoms with Gasteiger partial charge in [0, 0.05) is 56.7 Å². The van der Waals surface area contributed by atoms with E-state index in [2.05, 4.69) is 9.97 Å². The van der Waals surface area contributed by atoms with E-state index in [0.717, 1.165) is 0 Å². The van der Waals surface area contributed by atoms with Gasteiger partial charge in [0.05, 0.1) is 6.54 Å². The van der Waals surface area contributed by atoms with Crippen molar-refractivity contribution in [1.82, 2.24) is 19.4 Å². The standard InChI is InChI=1S/C30H31F2N7O5/c1-37-13-10-35-28(37)18-4-3-5-20(14-18)43-29-24(31)26(38(2)19-8-11-39(12-9-19)16-23(41)42)25(32)30(36-29)44-22-15-17(27(33)34)6-7-21(22)40/h3-7,10,13-15,19,40H,8-9,11-12,16H2,1-2H3,(H3,33,34)(H,41,42). The Kier molecular flexibility index (Phi) is 8.62. The van der Waals surface area contributed by atoms with Crippen LogP contribution in [0.3, 0.4) is 0 Å². The molecule has 5 rings (SSSR count). The molecule has 0 amide bonds. The third-order valence-electron chi connectivity index (χ3n) is 7.42. The Bertz CT molecular complexity index is 1710. The number of carboxylic acids is 1. The summed E-state index contributed by atoms with van der Waals surface area (Å²) in [5, 5.41) is 27.2. The summed E-state index contributed by atoms with van der Waals surface area (Å²) in [6, 6.07) is 10.2. The van der Waals surface area contributed by atoms with Crippen LogP contribution in [0.25, 0.3) is 11.4 Å². The van der Waals surface area contributed by atoms with E-state index < -0.39 is 35.1 Å². The number of aryl methyl sites for hydroxylation is 1. The zero-order valence-corrected chi connectivity index (χ0v) is 24.0. The Morgan fingerprint density at radius 2 is 1.84 bits per heavy atom. The number of rotatable bonds is 10. The molecule has 1 fully saturated rings. The Morgan fingerprint density at radius 3 is 2.48 bits per heavy atom. The number of pyridine rings is 1. The van der Waals surface area contributed by atoms with E-state index >= 15 is 8.78 Å². The zero-order chi connectivity index (χ0) is 31.5. The Hall–Kier alpha value is -5.24. The van der Waals surface area contributed by atoms with E-state index in [1.54, 1.807) is 46.1 Å². The third-order valence-corrected chi connectivity index (χ3v) is 7.42. The topological polar surface area (TPSA) is 163 Å². The molecule has 2 aromatic carbocycles. The van der Waals surface area contributed by atoms with Crippen molar-refractivity contribution in [2.75, 3.05) is 31.6 Å². The van der Waals surface area contributed by atoms with Gasteiger partial charge < -0.3 is 34.9 Å². The summed E-state index contributed by atoms with van der Waals surface area (Å²) in [5.74, 6) is -4.53. The summed E-state index contributed by atoms with van der Waals surface area (Å²) in [4.78, 5) is 22.6. The highest BCUT2D eigenvalue weighted by Crippen LogP contribution is 2.41. The number of ether oxygens (including phenoxy) is 2. The van der Waals surface area contributed by atoms with Gasteiger partial charge in [-0.15, -0.1) is 0 Å². The molecular weight excluding hydrogens is 576 g/mol. The van der Waals surface area contributed by atoms with Crippen LogP contribution in [0, 0.1) is 17.0 Å². The maximum absolute atomic E-state index is 16.2. The molecule has 3 heterocycles. The van der Waals surface area contributed by atoms with Gasteiger partial charge in [0.15, 0.2) is 11.5 Å². The van der Waals surface area contributed by atoms with Gasteiger partial charge in [-0.3, -0.25) is 15.1 Å². The second-order valence-corrected chi connectivity index (χ2v) is 10.4. The first-order valence-corrected chi connectivity index (χ1v) is 13.7. The second-order valence-electron chi connectivity index (χ2n) is 10.4. The number of amidine groups is 1. The number of likely N-dealkylation sites (tertiary alicyclic amines) is 1. The van der Waals surface area contributed by atoms with Crippen molar-refractivity contribution < 1.29 is 33.3 Å². The van der Waals surface area contributed by atoms with E-state index in [0.29, 0.717) is 37.3 Å². The smallest absolute Gasteiger partial charge is 0.317 e. The van der Waals surface area contributed by atoms with Crippen LogP contribution >= 0.6 is 0 Å². The van der Waals surface area contributed by atoms with Crippen LogP contribution in [0.5, 0.6) is 29.0 Å². The molecule has 5 N–H and O–H groups in total. The van der Waals surface area contributed by atoms with Crippen LogP contribution in [-0.4, -0.2) is 74.2 Å². The molecule has 0 radical (unpaired) electrons. The molecule has 0 unspecified atom stereocenters. The van der Waals surface area contributed by atoms with Gasteiger partial charge in [0.1, 0.15) is 23.1 Å². The number of hydrogen-bond acceptors (Lipinski definition) is 9. The molecule has 1 aliphatic rings. The van der Waals surface area contributed by atoms with Gasteiger partial charge in [0.2, 0.25) is 11.6 Å². The van der Waals surface area contributed by atoms with E-state index in [1.807, 2.05) is 7.05 Å². The lowest BCUT2D eigenvalue weighted by Gasteiger charge is -2.37. The molecule has 0 atom stereocenters. The Labute approximate surface area is 251 Å². The van der Waals surface area contributed by atoms with Gasteiger partial charge in [-0.05, 0) is 43.2 Å². The normalized spacial score (nSPS) is 13.9. The fourth-order valence-corrected chi connectivity index (χ4v) is 5.09. The van der Waals surface area contributed by atoms with Gasteiger partial charge in [-0.2, -0.15) is 13.8 Å². The number of nitrogen functional groups attached to an aromatic ring is 1. The number of aliphatic carboxylic acids is 1. The number of imidazole rings is 1. The van der Waals surface area contributed by atoms with Crippen molar-refractivity contribution in [3.8, 4) is 40.4 Å². The molecule has 44 heavy (non-hydrogen) atoms. The molecule has 0 aliphatic carbocycles. The maximum Gasteiger partial charge on any atom is 0.317 e. The van der Waals surface area contributed by atoms with Crippen molar-refractivity contribution in [2.45, 2.75) is 18.9 Å². The molecule has 230 valence electrons. The van der Waals surface area contributed by atoms with Gasteiger partial charge >= 0.3 is 5.97 Å². The van der Waals surface area contributed by atoms with Gasteiger partial charge in [-0.25, -0.2) is 4.98 Å². The number of benzene rings is 2. The average molecular weight is 608 g/mol. The summed E-state index contributed by atoms with van der Waals surface area (Å²) in [6.07, 6.45) is 4.31. The monoisotopic (exact) mass is 607 g/mol. The fraction of sp³-hybridized carbons (Fsp3) is 0.267. The largest absolute Gasteiger partial charge is 0.504 e. The van der Waals surface area contributed by atoms with Gasteiger partial charge in [-0.1, -0.05) is 12.1 Å². The van der Waals surface area contributed by atoms with Crippen molar-refractivity contribution >= 4 is 17.5 Å². The summed E-state index contributed by atoms with van der Waals surface area (Å²) in [5.41, 5.74) is 5.98. The number of aromatic hydroxyl groups is 1. The highest BCUT2D eigenvalue weighted by atomic mass is 19.1. The van der Waals surface area contributed by atoms with Crippen LogP contribution in [0.2, 0.25) is 0 Å². The molecule has 0 spiro atoms. The van der Waals surface area contributed by atoms with Crippen molar-refractivity contribution in [3.05, 3.63) is 72.1 Å². The Balaban J connectivity index is 1.53. The highest BCUT2D eigenvalue weighted by Gasteiger charge is 2.32. The Morgan fingerprint density at radius 1 is 1.14 bits per heavy atom. The minimum Gasteiger partial charge on any atom is -0.504 e. The lowest BCUT2D eigenvalue weighted by atomic mass is 10.0. The molecule has 14 heteroatoms. The van der Waals surface area contributed by atoms with Crippen LogP contribution in [0.1, 0.15) is 18.4 Å². The number of phenols is 1. The molecule has 1 aliphatic heterocycles. The van der Waals surface area contributed by atoms with Gasteiger partial charge in [0.25, 0.3) is 11.8 Å². The number of carboxylic acid groups (broad SMARTS) is 1. The minimum absolute atomic E-state index is 0.120. The molecule has 1 saturated heterocycles. The third kappa shape index (κ3) is 6.39. The predicted molar refractivity (Wildman–Crippen MR) is 158 cm³/mol. The SMILES string of the molecule is CN(c1c(F)c(Oc2cccc(-c3nccn3C)c2)nc(Oc2cc(C(=N)N)ccc2O)c1F)C1CCN(CC(=O)O)CC1. The van der Waals surface area contributed by atoms with E-state index in [1.165, 1.54) is 30.1 Å². The lowest BCUT2D eigenvalue weighted by Crippen LogP contribution is -2.45. The van der Waals surface area contributed by atoms with E-state index in [4.69, 9.17) is 25.7 Å². The lowest BCUT2D eigenvalue weighted by molar-refractivity contribution is -0.138. The summed E-state index contributed by atoms with van der Waals surface area (Å²) >= 11 is 0. The predicted octanol–water partition coefficient (Wildman–Crippen LogP) is 4.32. The van der Waals surface area contributed by atoms with Crippen LogP contribution in [0.4, 0.5) is 14.5 Å². The zero-order valence-electron chi connectivity index (χ0n) is 24.0. The quantitative estimate of drug-likeness (QED) is 0.151. The first-order valence-electron chi connectivity index (χ1n) is 13.7. The maximum atomic E-state index is 16.2. The minimum atomic E-state index is -1.14. The molecule has 12 nitrogen and oxygen atoms in total. The molecule has 4 aromatic rings. The van der Waals surface area contributed by atoms with Crippen LogP contribution in [0.15, 0.2) is 54.9 Å². The number of phenolic OH excluding ortho intramolecular Hbond substituents is 1. The molecule has 0 bridgehead atoms. The number of anilines is 1. The summed E-state index contributed by atoms with van der Waals surface area (Å²) in [6.45, 7) is 0.729. The number of nitrogens with zero attached hydrogens (tertiary/aromatic N) is 5. The van der Waals surface area contributed by atoms with Crippen molar-refractivity contribution in [1.29, 1.82) is 5.41 Å². The fourth-order valence-electron chi connectivity index (χ4n) is 5.09. The van der Waals surface area contributed by atoms with Crippen molar-refractivity contribution in [3.63, 3.8) is 0 Å². The van der Waals surface area contributed by atoms with Crippen LogP contribution < -0.4 is 20.1 Å². The summed E-state index contributed by atoms with van der Waals surface area (Å²) in [7, 11) is 3.35. The number of nitrogens with one attached hydrogen (secondary N) is 1. The number of aromatic nitrogens is 3. The van der Waals surface area contributed by atoms with E-state index in [-0.39, 0.29) is 41.2 Å². The molecule has 0 saturated carbocycles.